The third-order valence-electron chi connectivity index (χ3n) is 7.55. The summed E-state index contributed by atoms with van der Waals surface area (Å²) in [7, 11) is -3.71. The van der Waals surface area contributed by atoms with E-state index in [1.165, 1.54) is 0 Å². The van der Waals surface area contributed by atoms with Crippen LogP contribution in [0.25, 0.3) is 22.8 Å². The lowest BCUT2D eigenvalue weighted by Gasteiger charge is -2.36. The second-order valence-electron chi connectivity index (χ2n) is 12.4. The van der Waals surface area contributed by atoms with Crippen molar-refractivity contribution in [3.05, 3.63) is 60.2 Å². The van der Waals surface area contributed by atoms with E-state index < -0.39 is 16.6 Å². The Morgan fingerprint density at radius 1 is 0.583 bits per heavy atom. The maximum Gasteiger partial charge on any atom is 0.192 e. The number of pyridine rings is 2. The summed E-state index contributed by atoms with van der Waals surface area (Å²) in [5, 5.41) is 0.309. The molecule has 0 saturated heterocycles. The van der Waals surface area contributed by atoms with Crippen LogP contribution < -0.4 is 0 Å². The van der Waals surface area contributed by atoms with Crippen LogP contribution in [0.1, 0.15) is 52.9 Å². The summed E-state index contributed by atoms with van der Waals surface area (Å²) in [5.74, 6) is 0. The normalized spacial score (nSPS) is 13.2. The second kappa shape index (κ2) is 10.6. The Morgan fingerprint density at radius 2 is 0.972 bits per heavy atom. The minimum Gasteiger partial charge on any atom is -0.411 e. The zero-order valence-electron chi connectivity index (χ0n) is 23.6. The van der Waals surface area contributed by atoms with E-state index in [9.17, 15) is 0 Å². The molecule has 0 N–H and O–H groups in total. The topological polar surface area (TPSA) is 70.0 Å². The van der Waals surface area contributed by atoms with E-state index in [4.69, 9.17) is 23.8 Å². The number of hydrogen-bond donors (Lipinski definition) is 0. The molecule has 3 heterocycles. The summed E-state index contributed by atoms with van der Waals surface area (Å²) in [6.45, 7) is 23.5. The Balaban J connectivity index is 1.79. The summed E-state index contributed by atoms with van der Waals surface area (Å²) < 4.78 is 12.7. The van der Waals surface area contributed by atoms with Crippen LogP contribution in [-0.2, 0) is 22.1 Å². The van der Waals surface area contributed by atoms with Crippen LogP contribution in [0.15, 0.2) is 48.8 Å². The van der Waals surface area contributed by atoms with E-state index in [0.717, 1.165) is 22.8 Å². The molecule has 8 heteroatoms. The molecule has 0 aromatic carbocycles. The van der Waals surface area contributed by atoms with Crippen LogP contribution in [-0.4, -0.2) is 36.6 Å². The Kier molecular flexibility index (Phi) is 8.34. The third-order valence-corrected chi connectivity index (χ3v) is 16.5. The van der Waals surface area contributed by atoms with E-state index in [0.29, 0.717) is 24.6 Å². The van der Waals surface area contributed by atoms with Gasteiger partial charge in [0, 0.05) is 0 Å². The largest absolute Gasteiger partial charge is 0.411 e. The lowest BCUT2D eigenvalue weighted by atomic mass is 10.2. The second-order valence-corrected chi connectivity index (χ2v) is 22.0. The van der Waals surface area contributed by atoms with Gasteiger partial charge in [-0.2, -0.15) is 0 Å². The van der Waals surface area contributed by atoms with Gasteiger partial charge in [-0.15, -0.1) is 0 Å². The molecular formula is C28H42N4O2Si2. The average molecular weight is 523 g/mol. The SMILES string of the molecule is CC(C)(C)[Si](C)(C)OCc1cccc(-c2cncc(-c3cccc(CO[Si](C)(C)C(C)(C)C)n3)n2)n1. The summed E-state index contributed by atoms with van der Waals surface area (Å²) in [6, 6.07) is 11.9. The van der Waals surface area contributed by atoms with Crippen molar-refractivity contribution in [2.75, 3.05) is 0 Å². The molecule has 0 unspecified atom stereocenters. The van der Waals surface area contributed by atoms with Gasteiger partial charge in [0.25, 0.3) is 0 Å². The zero-order chi connectivity index (χ0) is 26.8. The molecule has 0 saturated carbocycles. The van der Waals surface area contributed by atoms with Crippen LogP contribution in [0.3, 0.4) is 0 Å². The molecule has 3 aromatic rings. The zero-order valence-corrected chi connectivity index (χ0v) is 25.6. The number of hydrogen-bond acceptors (Lipinski definition) is 6. The molecule has 3 aromatic heterocycles. The molecule has 0 spiro atoms. The first-order chi connectivity index (χ1) is 16.6. The van der Waals surface area contributed by atoms with Crippen LogP contribution in [0.4, 0.5) is 0 Å². The monoisotopic (exact) mass is 522 g/mol. The Bertz CT molecular complexity index is 1100. The van der Waals surface area contributed by atoms with Crippen LogP contribution in [0.2, 0.25) is 36.3 Å². The summed E-state index contributed by atoms with van der Waals surface area (Å²) in [4.78, 5) is 18.9. The van der Waals surface area contributed by atoms with Gasteiger partial charge in [0.05, 0.1) is 48.4 Å². The molecule has 0 aliphatic heterocycles. The van der Waals surface area contributed by atoms with Crippen LogP contribution >= 0.6 is 0 Å². The van der Waals surface area contributed by atoms with Crippen molar-refractivity contribution in [3.8, 4) is 22.8 Å². The van der Waals surface area contributed by atoms with E-state index >= 15 is 0 Å². The highest BCUT2D eigenvalue weighted by molar-refractivity contribution is 6.74. The Hall–Kier alpha value is -2.27. The molecular weight excluding hydrogens is 481 g/mol. The average Bonchev–Trinajstić information content (AvgIpc) is 2.81. The molecule has 6 nitrogen and oxygen atoms in total. The summed E-state index contributed by atoms with van der Waals surface area (Å²) in [5.41, 5.74) is 4.77. The highest BCUT2D eigenvalue weighted by Gasteiger charge is 2.38. The van der Waals surface area contributed by atoms with E-state index in [-0.39, 0.29) is 10.1 Å². The molecule has 0 atom stereocenters. The lowest BCUT2D eigenvalue weighted by Crippen LogP contribution is -2.40. The fourth-order valence-electron chi connectivity index (χ4n) is 2.96. The molecule has 0 amide bonds. The predicted molar refractivity (Wildman–Crippen MR) is 152 cm³/mol. The van der Waals surface area contributed by atoms with Gasteiger partial charge < -0.3 is 8.85 Å². The first kappa shape index (κ1) is 28.3. The first-order valence-electron chi connectivity index (χ1n) is 12.6. The van der Waals surface area contributed by atoms with Crippen LogP contribution in [0, 0.1) is 0 Å². The maximum atomic E-state index is 6.37. The smallest absolute Gasteiger partial charge is 0.192 e. The minimum absolute atomic E-state index is 0.154. The quantitative estimate of drug-likeness (QED) is 0.283. The van der Waals surface area contributed by atoms with Gasteiger partial charge in [-0.3, -0.25) is 4.98 Å². The standard InChI is InChI=1S/C28H42N4O2Si2/c1-27(2,3)35(7,8)33-19-21-13-11-15-23(30-21)25-17-29-18-26(32-25)24-16-12-14-22(31-24)20-34-36(9,10)28(4,5)6/h11-18H,19-20H2,1-10H3. The number of nitrogens with zero attached hydrogens (tertiary/aromatic N) is 4. The molecule has 0 aliphatic carbocycles. The molecule has 36 heavy (non-hydrogen) atoms. The minimum atomic E-state index is -1.86. The van der Waals surface area contributed by atoms with Gasteiger partial charge >= 0.3 is 0 Å². The molecule has 194 valence electrons. The van der Waals surface area contributed by atoms with Crippen LogP contribution in [0.5, 0.6) is 0 Å². The van der Waals surface area contributed by atoms with Gasteiger partial charge in [-0.05, 0) is 60.5 Å². The fourth-order valence-corrected chi connectivity index (χ4v) is 4.84. The Labute approximate surface area is 219 Å². The summed E-state index contributed by atoms with van der Waals surface area (Å²) >= 11 is 0. The molecule has 0 bridgehead atoms. The van der Waals surface area contributed by atoms with Crippen molar-refractivity contribution >= 4 is 16.6 Å². The van der Waals surface area contributed by atoms with Crippen molar-refractivity contribution in [1.82, 2.24) is 19.9 Å². The van der Waals surface area contributed by atoms with Crippen molar-refractivity contribution in [1.29, 1.82) is 0 Å². The molecule has 0 fully saturated rings. The lowest BCUT2D eigenvalue weighted by molar-refractivity contribution is 0.272. The number of aromatic nitrogens is 4. The third kappa shape index (κ3) is 6.94. The summed E-state index contributed by atoms with van der Waals surface area (Å²) in [6.07, 6.45) is 3.49. The Morgan fingerprint density at radius 3 is 1.33 bits per heavy atom. The van der Waals surface area contributed by atoms with Gasteiger partial charge in [0.15, 0.2) is 16.6 Å². The van der Waals surface area contributed by atoms with E-state index in [1.54, 1.807) is 12.4 Å². The molecule has 0 radical (unpaired) electrons. The molecule has 3 rings (SSSR count). The predicted octanol–water partition coefficient (Wildman–Crippen LogP) is 7.64. The van der Waals surface area contributed by atoms with E-state index in [1.807, 2.05) is 36.4 Å². The van der Waals surface area contributed by atoms with Crippen molar-refractivity contribution < 1.29 is 8.85 Å². The number of rotatable bonds is 8. The van der Waals surface area contributed by atoms with Gasteiger partial charge in [-0.25, -0.2) is 15.0 Å². The fraction of sp³-hybridized carbons (Fsp3) is 0.500. The highest BCUT2D eigenvalue weighted by Crippen LogP contribution is 2.38. The highest BCUT2D eigenvalue weighted by atomic mass is 28.4. The van der Waals surface area contributed by atoms with Crippen molar-refractivity contribution in [2.45, 2.75) is 91.0 Å². The van der Waals surface area contributed by atoms with Gasteiger partial charge in [0.2, 0.25) is 0 Å². The van der Waals surface area contributed by atoms with Gasteiger partial charge in [-0.1, -0.05) is 53.7 Å². The molecule has 0 aliphatic rings. The first-order valence-corrected chi connectivity index (χ1v) is 18.4. The van der Waals surface area contributed by atoms with Gasteiger partial charge in [0.1, 0.15) is 11.4 Å². The maximum absolute atomic E-state index is 6.37. The van der Waals surface area contributed by atoms with Crippen molar-refractivity contribution in [2.24, 2.45) is 0 Å². The van der Waals surface area contributed by atoms with E-state index in [2.05, 4.69) is 72.7 Å². The van der Waals surface area contributed by atoms with Crippen molar-refractivity contribution in [3.63, 3.8) is 0 Å².